The number of carbonyl (C=O) groups is 3. The number of amides is 2. The molecule has 1 aliphatic rings. The molecule has 0 fully saturated rings. The minimum absolute atomic E-state index is 0.0505. The third kappa shape index (κ3) is 4.46. The number of para-hydroxylation sites is 2. The number of esters is 1. The van der Waals surface area contributed by atoms with E-state index in [9.17, 15) is 14.4 Å². The van der Waals surface area contributed by atoms with Gasteiger partial charge in [0.2, 0.25) is 0 Å². The van der Waals surface area contributed by atoms with Crippen molar-refractivity contribution >= 4 is 64.0 Å². The number of carbonyl (C=O) groups excluding carboxylic acids is 3. The van der Waals surface area contributed by atoms with Crippen LogP contribution in [-0.2, 0) is 9.59 Å². The van der Waals surface area contributed by atoms with Gasteiger partial charge >= 0.3 is 5.97 Å². The summed E-state index contributed by atoms with van der Waals surface area (Å²) in [5, 5.41) is 2.76. The highest BCUT2D eigenvalue weighted by atomic mass is 35.5. The lowest BCUT2D eigenvalue weighted by molar-refractivity contribution is -0.120. The summed E-state index contributed by atoms with van der Waals surface area (Å²) in [7, 11) is 1.48. The van der Waals surface area contributed by atoms with Crippen molar-refractivity contribution in [1.29, 1.82) is 0 Å². The summed E-state index contributed by atoms with van der Waals surface area (Å²) in [4.78, 5) is 38.9. The van der Waals surface area contributed by atoms with Crippen molar-refractivity contribution in [3.8, 4) is 11.5 Å². The smallest absolute Gasteiger partial charge is 0.343 e. The fraction of sp³-hybridized carbons (Fsp3) is 0.0417. The van der Waals surface area contributed by atoms with Crippen molar-refractivity contribution in [3.05, 3.63) is 93.1 Å². The molecule has 0 aromatic heterocycles. The molecule has 1 N–H and O–H groups in total. The number of imide groups is 1. The molecule has 0 aliphatic carbocycles. The maximum atomic E-state index is 12.9. The van der Waals surface area contributed by atoms with E-state index in [-0.39, 0.29) is 37.8 Å². The molecule has 0 saturated heterocycles. The Morgan fingerprint density at radius 1 is 0.853 bits per heavy atom. The molecule has 4 rings (SSSR count). The third-order valence-electron chi connectivity index (χ3n) is 4.86. The first-order valence-electron chi connectivity index (χ1n) is 9.76. The molecule has 0 atom stereocenters. The summed E-state index contributed by atoms with van der Waals surface area (Å²) < 4.78 is 10.6. The first-order chi connectivity index (χ1) is 16.3. The summed E-state index contributed by atoms with van der Waals surface area (Å²) in [5.74, 6) is -1.33. The molecule has 0 radical (unpaired) electrons. The predicted octanol–water partition coefficient (Wildman–Crippen LogP) is 5.66. The Labute approximate surface area is 209 Å². The molecule has 2 amide bonds. The van der Waals surface area contributed by atoms with Crippen molar-refractivity contribution in [3.63, 3.8) is 0 Å². The van der Waals surface area contributed by atoms with Crippen LogP contribution in [0, 0.1) is 0 Å². The Balaban J connectivity index is 1.51. The molecule has 0 spiro atoms. The Morgan fingerprint density at radius 2 is 1.53 bits per heavy atom. The Morgan fingerprint density at radius 3 is 2.21 bits per heavy atom. The van der Waals surface area contributed by atoms with Crippen molar-refractivity contribution in [2.24, 2.45) is 0 Å². The van der Waals surface area contributed by atoms with Crippen molar-refractivity contribution in [2.75, 3.05) is 17.3 Å². The van der Waals surface area contributed by atoms with Gasteiger partial charge in [0.25, 0.3) is 11.8 Å². The molecule has 34 heavy (non-hydrogen) atoms. The molecule has 1 heterocycles. The van der Waals surface area contributed by atoms with Crippen molar-refractivity contribution in [1.82, 2.24) is 0 Å². The molecular weight excluding hydrogens is 503 g/mol. The number of halogens is 3. The van der Waals surface area contributed by atoms with Crippen molar-refractivity contribution < 1.29 is 23.9 Å². The van der Waals surface area contributed by atoms with Gasteiger partial charge in [0.05, 0.1) is 28.4 Å². The van der Waals surface area contributed by atoms with E-state index < -0.39 is 17.8 Å². The molecule has 172 valence electrons. The van der Waals surface area contributed by atoms with Crippen LogP contribution in [-0.4, -0.2) is 24.9 Å². The van der Waals surface area contributed by atoms with Gasteiger partial charge in [-0.05, 0) is 48.5 Å². The van der Waals surface area contributed by atoms with Gasteiger partial charge < -0.3 is 14.8 Å². The second kappa shape index (κ2) is 9.77. The third-order valence-corrected chi connectivity index (χ3v) is 6.02. The molecule has 3 aromatic carbocycles. The normalized spacial score (nSPS) is 13.4. The topological polar surface area (TPSA) is 84.9 Å². The van der Waals surface area contributed by atoms with Gasteiger partial charge in [-0.1, -0.05) is 53.0 Å². The van der Waals surface area contributed by atoms with E-state index in [0.717, 1.165) is 4.90 Å². The molecule has 0 saturated carbocycles. The van der Waals surface area contributed by atoms with Crippen LogP contribution in [0.3, 0.4) is 0 Å². The second-order valence-corrected chi connectivity index (χ2v) is 8.11. The van der Waals surface area contributed by atoms with E-state index in [0.29, 0.717) is 11.4 Å². The summed E-state index contributed by atoms with van der Waals surface area (Å²) in [6.45, 7) is 0. The summed E-state index contributed by atoms with van der Waals surface area (Å²) >= 11 is 18.3. The number of rotatable bonds is 6. The first kappa shape index (κ1) is 23.6. The lowest BCUT2D eigenvalue weighted by Crippen LogP contribution is -2.32. The minimum atomic E-state index is -0.740. The quantitative estimate of drug-likeness (QED) is 0.258. The minimum Gasteiger partial charge on any atom is -0.493 e. The van der Waals surface area contributed by atoms with Crippen LogP contribution in [0.1, 0.15) is 10.4 Å². The van der Waals surface area contributed by atoms with Crippen LogP contribution in [0.4, 0.5) is 11.4 Å². The standard InChI is InChI=1S/C24H15Cl3N2O5/c1-33-17-7-2-3-8-18(17)34-24(32)13-9-11-14(12-10-13)28-21-20(27)22(30)29(23(21)31)16-6-4-5-15(25)19(16)26/h2-12,28H,1H3. The average Bonchev–Trinajstić information content (AvgIpc) is 3.04. The van der Waals surface area contributed by atoms with Gasteiger partial charge in [-0.15, -0.1) is 0 Å². The molecule has 10 heteroatoms. The maximum Gasteiger partial charge on any atom is 0.343 e. The van der Waals surface area contributed by atoms with Gasteiger partial charge in [-0.3, -0.25) is 9.59 Å². The highest BCUT2D eigenvalue weighted by molar-refractivity contribution is 6.54. The molecule has 0 unspecified atom stereocenters. The summed E-state index contributed by atoms with van der Waals surface area (Å²) in [5.41, 5.74) is 0.667. The van der Waals surface area contributed by atoms with Crippen LogP contribution < -0.4 is 19.7 Å². The number of hydrogen-bond donors (Lipinski definition) is 1. The Hall–Kier alpha value is -3.52. The SMILES string of the molecule is COc1ccccc1OC(=O)c1ccc(NC2=C(Cl)C(=O)N(c3cccc(Cl)c3Cl)C2=O)cc1. The number of ether oxygens (including phenoxy) is 2. The maximum absolute atomic E-state index is 12.9. The summed E-state index contributed by atoms with van der Waals surface area (Å²) in [6, 6.07) is 17.4. The molecular formula is C24H15Cl3N2O5. The fourth-order valence-electron chi connectivity index (χ4n) is 3.19. The second-order valence-electron chi connectivity index (χ2n) is 6.95. The van der Waals surface area contributed by atoms with Gasteiger partial charge in [0.1, 0.15) is 10.7 Å². The first-order valence-corrected chi connectivity index (χ1v) is 10.9. The van der Waals surface area contributed by atoms with Gasteiger partial charge in [0.15, 0.2) is 11.5 Å². The highest BCUT2D eigenvalue weighted by Crippen LogP contribution is 2.37. The predicted molar refractivity (Wildman–Crippen MR) is 130 cm³/mol. The number of anilines is 2. The van der Waals surface area contributed by atoms with E-state index >= 15 is 0 Å². The van der Waals surface area contributed by atoms with Gasteiger partial charge in [0, 0.05) is 5.69 Å². The van der Waals surface area contributed by atoms with E-state index in [1.54, 1.807) is 42.5 Å². The van der Waals surface area contributed by atoms with Crippen LogP contribution in [0.2, 0.25) is 10.0 Å². The Bertz CT molecular complexity index is 1340. The number of methoxy groups -OCH3 is 1. The highest BCUT2D eigenvalue weighted by Gasteiger charge is 2.40. The van der Waals surface area contributed by atoms with Gasteiger partial charge in [-0.2, -0.15) is 0 Å². The molecule has 0 bridgehead atoms. The van der Waals surface area contributed by atoms with E-state index in [4.69, 9.17) is 44.3 Å². The van der Waals surface area contributed by atoms with Crippen LogP contribution >= 0.6 is 34.8 Å². The zero-order chi connectivity index (χ0) is 24.4. The number of benzene rings is 3. The number of nitrogens with zero attached hydrogens (tertiary/aromatic N) is 1. The van der Waals surface area contributed by atoms with Crippen LogP contribution in [0.15, 0.2) is 77.5 Å². The van der Waals surface area contributed by atoms with Gasteiger partial charge in [-0.25, -0.2) is 9.69 Å². The fourth-order valence-corrected chi connectivity index (χ4v) is 3.78. The zero-order valence-corrected chi connectivity index (χ0v) is 19.7. The molecule has 7 nitrogen and oxygen atoms in total. The Kier molecular flexibility index (Phi) is 6.79. The largest absolute Gasteiger partial charge is 0.493 e. The van der Waals surface area contributed by atoms with E-state index in [1.165, 1.54) is 31.4 Å². The molecule has 1 aliphatic heterocycles. The monoisotopic (exact) mass is 516 g/mol. The average molecular weight is 518 g/mol. The summed E-state index contributed by atoms with van der Waals surface area (Å²) in [6.07, 6.45) is 0. The number of nitrogens with one attached hydrogen (secondary N) is 1. The molecule has 3 aromatic rings. The van der Waals surface area contributed by atoms with E-state index in [2.05, 4.69) is 5.32 Å². The lowest BCUT2D eigenvalue weighted by atomic mass is 10.2. The van der Waals surface area contributed by atoms with Crippen LogP contribution in [0.25, 0.3) is 0 Å². The van der Waals surface area contributed by atoms with Crippen molar-refractivity contribution in [2.45, 2.75) is 0 Å². The number of hydrogen-bond acceptors (Lipinski definition) is 6. The van der Waals surface area contributed by atoms with Crippen LogP contribution in [0.5, 0.6) is 11.5 Å². The zero-order valence-electron chi connectivity index (χ0n) is 17.5. The lowest BCUT2D eigenvalue weighted by Gasteiger charge is -2.17. The van der Waals surface area contributed by atoms with E-state index in [1.807, 2.05) is 0 Å².